The van der Waals surface area contributed by atoms with Gasteiger partial charge in [-0.05, 0) is 97.7 Å². The maximum atomic E-state index is 10.2. The van der Waals surface area contributed by atoms with E-state index in [-0.39, 0.29) is 6.10 Å². The molecule has 0 bridgehead atoms. The molecule has 0 aromatic carbocycles. The minimum atomic E-state index is -0.0845. The first-order valence-electron chi connectivity index (χ1n) is 12.4. The molecule has 9 atom stereocenters. The van der Waals surface area contributed by atoms with E-state index in [4.69, 9.17) is 0 Å². The molecule has 0 radical (unpaired) electrons. The Labute approximate surface area is 174 Å². The monoisotopic (exact) mass is 384 g/mol. The van der Waals surface area contributed by atoms with Gasteiger partial charge in [0.15, 0.2) is 0 Å². The van der Waals surface area contributed by atoms with Gasteiger partial charge in [-0.25, -0.2) is 0 Å². The number of fused-ring (bicyclic) bond motifs is 5. The third kappa shape index (κ3) is 3.24. The van der Waals surface area contributed by atoms with E-state index in [0.29, 0.717) is 16.7 Å². The summed E-state index contributed by atoms with van der Waals surface area (Å²) in [7, 11) is 0. The molecule has 3 saturated carbocycles. The average molecular weight is 385 g/mol. The van der Waals surface area contributed by atoms with Gasteiger partial charge in [0.1, 0.15) is 0 Å². The predicted molar refractivity (Wildman–Crippen MR) is 119 cm³/mol. The zero-order chi connectivity index (χ0) is 20.1. The second-order valence-corrected chi connectivity index (χ2v) is 11.5. The molecule has 0 aliphatic heterocycles. The van der Waals surface area contributed by atoms with Crippen LogP contribution in [0.5, 0.6) is 0 Å². The summed E-state index contributed by atoms with van der Waals surface area (Å²) in [6.45, 7) is 12.3. The minimum Gasteiger partial charge on any atom is -0.393 e. The van der Waals surface area contributed by atoms with Crippen LogP contribution in [-0.2, 0) is 0 Å². The van der Waals surface area contributed by atoms with Crippen molar-refractivity contribution >= 4 is 0 Å². The summed E-state index contributed by atoms with van der Waals surface area (Å²) in [4.78, 5) is 0. The maximum absolute atomic E-state index is 10.2. The Bertz CT molecular complexity index is 632. The Morgan fingerprint density at radius 2 is 1.86 bits per heavy atom. The zero-order valence-electron chi connectivity index (χ0n) is 19.1. The fraction of sp³-hybridized carbons (Fsp3) is 0.852. The summed E-state index contributed by atoms with van der Waals surface area (Å²) in [5.74, 6) is 4.96. The third-order valence-corrected chi connectivity index (χ3v) is 10.2. The van der Waals surface area contributed by atoms with Crippen molar-refractivity contribution in [2.45, 2.75) is 98.5 Å². The highest BCUT2D eigenvalue weighted by Gasteiger charge is 2.58. The fourth-order valence-corrected chi connectivity index (χ4v) is 8.18. The molecule has 158 valence electrons. The number of hydrogen-bond acceptors (Lipinski definition) is 1. The molecule has 3 fully saturated rings. The van der Waals surface area contributed by atoms with Crippen molar-refractivity contribution in [2.24, 2.45) is 46.3 Å². The van der Waals surface area contributed by atoms with Crippen molar-refractivity contribution in [3.05, 3.63) is 23.8 Å². The lowest BCUT2D eigenvalue weighted by molar-refractivity contribution is -0.0540. The quantitative estimate of drug-likeness (QED) is 0.510. The molecular weight excluding hydrogens is 340 g/mol. The van der Waals surface area contributed by atoms with Gasteiger partial charge in [-0.15, -0.1) is 0 Å². The van der Waals surface area contributed by atoms with Crippen LogP contribution < -0.4 is 0 Å². The Morgan fingerprint density at radius 1 is 1.07 bits per heavy atom. The van der Waals surface area contributed by atoms with Crippen LogP contribution in [0.25, 0.3) is 0 Å². The van der Waals surface area contributed by atoms with E-state index >= 15 is 0 Å². The second-order valence-electron chi connectivity index (χ2n) is 11.5. The minimum absolute atomic E-state index is 0.0845. The molecule has 1 N–H and O–H groups in total. The van der Waals surface area contributed by atoms with E-state index in [1.165, 1.54) is 44.9 Å². The van der Waals surface area contributed by atoms with Crippen LogP contribution in [0, 0.1) is 46.3 Å². The van der Waals surface area contributed by atoms with Gasteiger partial charge in [0.05, 0.1) is 6.10 Å². The third-order valence-electron chi connectivity index (χ3n) is 10.2. The SMILES string of the molecule is CC[C@@H](C)/C=C/[C@@H](C)[C@H]1CCC2C3CC=C4C[C@@H](O)CCC4(C)C3CCC21C. The summed E-state index contributed by atoms with van der Waals surface area (Å²) >= 11 is 0. The van der Waals surface area contributed by atoms with Crippen molar-refractivity contribution in [1.29, 1.82) is 0 Å². The molecule has 0 heterocycles. The molecule has 0 aromatic rings. The number of aliphatic hydroxyl groups excluding tert-OH is 1. The van der Waals surface area contributed by atoms with Crippen molar-refractivity contribution < 1.29 is 5.11 Å². The first kappa shape index (κ1) is 20.7. The number of allylic oxidation sites excluding steroid dienone is 3. The van der Waals surface area contributed by atoms with Gasteiger partial charge in [-0.3, -0.25) is 0 Å². The van der Waals surface area contributed by atoms with Crippen LogP contribution in [0.3, 0.4) is 0 Å². The molecule has 4 rings (SSSR count). The van der Waals surface area contributed by atoms with Gasteiger partial charge in [-0.1, -0.05) is 64.8 Å². The van der Waals surface area contributed by atoms with Crippen LogP contribution in [0.4, 0.5) is 0 Å². The summed E-state index contributed by atoms with van der Waals surface area (Å²) < 4.78 is 0. The first-order chi connectivity index (χ1) is 13.3. The summed E-state index contributed by atoms with van der Waals surface area (Å²) in [6.07, 6.45) is 19.0. The van der Waals surface area contributed by atoms with E-state index in [0.717, 1.165) is 42.4 Å². The summed E-state index contributed by atoms with van der Waals surface area (Å²) in [6, 6.07) is 0. The summed E-state index contributed by atoms with van der Waals surface area (Å²) in [5.41, 5.74) is 2.52. The van der Waals surface area contributed by atoms with Crippen LogP contribution >= 0.6 is 0 Å². The van der Waals surface area contributed by atoms with Crippen LogP contribution in [0.1, 0.15) is 92.4 Å². The van der Waals surface area contributed by atoms with Crippen LogP contribution in [0.2, 0.25) is 0 Å². The smallest absolute Gasteiger partial charge is 0.0577 e. The Kier molecular flexibility index (Phi) is 5.62. The molecule has 4 aliphatic carbocycles. The zero-order valence-corrected chi connectivity index (χ0v) is 19.1. The largest absolute Gasteiger partial charge is 0.393 e. The lowest BCUT2D eigenvalue weighted by Gasteiger charge is -2.58. The lowest BCUT2D eigenvalue weighted by Crippen LogP contribution is -2.50. The number of hydrogen-bond donors (Lipinski definition) is 1. The molecule has 0 aromatic heterocycles. The number of rotatable bonds is 4. The molecule has 0 amide bonds. The lowest BCUT2D eigenvalue weighted by atomic mass is 9.47. The molecule has 28 heavy (non-hydrogen) atoms. The average Bonchev–Trinajstić information content (AvgIpc) is 3.03. The van der Waals surface area contributed by atoms with Gasteiger partial charge in [-0.2, -0.15) is 0 Å². The van der Waals surface area contributed by atoms with E-state index < -0.39 is 0 Å². The summed E-state index contributed by atoms with van der Waals surface area (Å²) in [5, 5.41) is 10.2. The van der Waals surface area contributed by atoms with E-state index in [1.807, 2.05) is 0 Å². The maximum Gasteiger partial charge on any atom is 0.0577 e. The van der Waals surface area contributed by atoms with Gasteiger partial charge in [0, 0.05) is 0 Å². The van der Waals surface area contributed by atoms with Crippen LogP contribution in [-0.4, -0.2) is 11.2 Å². The first-order valence-corrected chi connectivity index (χ1v) is 12.4. The van der Waals surface area contributed by atoms with Gasteiger partial charge < -0.3 is 5.11 Å². The molecule has 0 spiro atoms. The van der Waals surface area contributed by atoms with E-state index in [2.05, 4.69) is 52.8 Å². The highest BCUT2D eigenvalue weighted by molar-refractivity contribution is 5.25. The highest BCUT2D eigenvalue weighted by atomic mass is 16.3. The second kappa shape index (κ2) is 7.60. The molecular formula is C27H44O. The van der Waals surface area contributed by atoms with Crippen molar-refractivity contribution in [2.75, 3.05) is 0 Å². The van der Waals surface area contributed by atoms with Crippen molar-refractivity contribution in [3.63, 3.8) is 0 Å². The fourth-order valence-electron chi connectivity index (χ4n) is 8.18. The Hall–Kier alpha value is -0.560. The predicted octanol–water partition coefficient (Wildman–Crippen LogP) is 7.16. The van der Waals surface area contributed by atoms with Gasteiger partial charge in [0.2, 0.25) is 0 Å². The molecule has 1 heteroatoms. The highest BCUT2D eigenvalue weighted by Crippen LogP contribution is 2.67. The number of aliphatic hydroxyl groups is 1. The normalized spacial score (nSPS) is 47.8. The molecule has 1 nitrogen and oxygen atoms in total. The van der Waals surface area contributed by atoms with E-state index in [9.17, 15) is 5.11 Å². The Morgan fingerprint density at radius 3 is 2.61 bits per heavy atom. The van der Waals surface area contributed by atoms with E-state index in [1.54, 1.807) is 5.57 Å². The van der Waals surface area contributed by atoms with Crippen molar-refractivity contribution in [1.82, 2.24) is 0 Å². The van der Waals surface area contributed by atoms with Crippen molar-refractivity contribution in [3.8, 4) is 0 Å². The van der Waals surface area contributed by atoms with Gasteiger partial charge >= 0.3 is 0 Å². The molecule has 0 saturated heterocycles. The molecule has 5 unspecified atom stereocenters. The Balaban J connectivity index is 1.54. The molecule has 4 aliphatic rings. The van der Waals surface area contributed by atoms with Crippen LogP contribution in [0.15, 0.2) is 23.8 Å². The standard InChI is InChI=1S/C27H44O/c1-6-18(2)7-8-19(3)23-11-12-24-22-10-9-20-17-21(28)13-15-26(20,4)25(22)14-16-27(23,24)5/h7-9,18-19,21-25,28H,6,10-17H2,1-5H3/b8-7+/t18-,19-,21+,22?,23-,24?,25?,26?,27?/m1/s1. The van der Waals surface area contributed by atoms with Gasteiger partial charge in [0.25, 0.3) is 0 Å². The topological polar surface area (TPSA) is 20.2 Å².